The van der Waals surface area contributed by atoms with Gasteiger partial charge in [-0.2, -0.15) is 4.98 Å². The van der Waals surface area contributed by atoms with Crippen LogP contribution in [0.1, 0.15) is 29.0 Å². The second kappa shape index (κ2) is 8.20. The molecule has 0 aliphatic carbocycles. The van der Waals surface area contributed by atoms with Gasteiger partial charge in [0.2, 0.25) is 5.91 Å². The summed E-state index contributed by atoms with van der Waals surface area (Å²) in [5.74, 6) is -1.83. The summed E-state index contributed by atoms with van der Waals surface area (Å²) in [6, 6.07) is 10.3. The van der Waals surface area contributed by atoms with Crippen LogP contribution in [-0.2, 0) is 17.6 Å². The van der Waals surface area contributed by atoms with Crippen molar-refractivity contribution in [2.75, 3.05) is 5.32 Å². The summed E-state index contributed by atoms with van der Waals surface area (Å²) in [5.41, 5.74) is 0.527. The Balaban J connectivity index is 1.74. The van der Waals surface area contributed by atoms with E-state index in [9.17, 15) is 18.4 Å². The van der Waals surface area contributed by atoms with E-state index >= 15 is 0 Å². The minimum atomic E-state index is -0.911. The van der Waals surface area contributed by atoms with Gasteiger partial charge in [0.1, 0.15) is 17.5 Å². The number of carbonyl (C=O) groups excluding carboxylic acids is 1. The summed E-state index contributed by atoms with van der Waals surface area (Å²) >= 11 is 7.22. The molecule has 0 saturated heterocycles. The lowest BCUT2D eigenvalue weighted by Gasteiger charge is -2.27. The Labute approximate surface area is 180 Å². The zero-order chi connectivity index (χ0) is 21.4. The molecule has 1 aliphatic heterocycles. The quantitative estimate of drug-likeness (QED) is 0.473. The summed E-state index contributed by atoms with van der Waals surface area (Å²) < 4.78 is 29.7. The first-order chi connectivity index (χ1) is 14.3. The highest BCUT2D eigenvalue weighted by Crippen LogP contribution is 2.37. The third kappa shape index (κ3) is 3.97. The van der Waals surface area contributed by atoms with E-state index in [4.69, 9.17) is 11.6 Å². The van der Waals surface area contributed by atoms with Gasteiger partial charge in [-0.25, -0.2) is 8.78 Å². The van der Waals surface area contributed by atoms with Crippen molar-refractivity contribution >= 4 is 35.1 Å². The van der Waals surface area contributed by atoms with Crippen molar-refractivity contribution in [2.45, 2.75) is 23.2 Å². The summed E-state index contributed by atoms with van der Waals surface area (Å²) in [5, 5.41) is 3.71. The van der Waals surface area contributed by atoms with Crippen LogP contribution in [0.15, 0.2) is 52.4 Å². The van der Waals surface area contributed by atoms with Crippen LogP contribution in [-0.4, -0.2) is 15.5 Å². The van der Waals surface area contributed by atoms with Crippen molar-refractivity contribution in [2.24, 2.45) is 7.05 Å². The van der Waals surface area contributed by atoms with Gasteiger partial charge in [0.15, 0.2) is 5.16 Å². The maximum absolute atomic E-state index is 14.4. The van der Waals surface area contributed by atoms with Gasteiger partial charge in [0, 0.05) is 30.2 Å². The van der Waals surface area contributed by atoms with Crippen molar-refractivity contribution in [3.05, 3.63) is 86.2 Å². The van der Waals surface area contributed by atoms with Crippen LogP contribution in [0.3, 0.4) is 0 Å². The highest BCUT2D eigenvalue weighted by Gasteiger charge is 2.33. The number of hydrogen-bond acceptors (Lipinski definition) is 4. The number of rotatable bonds is 4. The van der Waals surface area contributed by atoms with Gasteiger partial charge >= 0.3 is 0 Å². The monoisotopic (exact) mass is 447 g/mol. The zero-order valence-electron chi connectivity index (χ0n) is 15.8. The molecule has 1 N–H and O–H groups in total. The standard InChI is InChI=1S/C21H16ClF2N3O2S/c1-27-19-18(15(9-17(28)25-19)14-8-13(23)6-7-16(14)24)20(29)26-21(27)30-10-11-2-4-12(22)5-3-11/h2-8,15H,9-10H2,1H3,(H,25,28)/t15-/m0/s1. The van der Waals surface area contributed by atoms with Crippen LogP contribution in [0.4, 0.5) is 14.6 Å². The molecular formula is C21H16ClF2N3O2S. The van der Waals surface area contributed by atoms with Gasteiger partial charge in [-0.1, -0.05) is 35.5 Å². The SMILES string of the molecule is Cn1c(SCc2ccc(Cl)cc2)nc(=O)c2c1NC(=O)C[C@H]2c1cc(F)ccc1F. The molecule has 0 spiro atoms. The number of nitrogens with zero attached hydrogens (tertiary/aromatic N) is 2. The van der Waals surface area contributed by atoms with E-state index in [1.165, 1.54) is 11.8 Å². The number of halogens is 3. The predicted molar refractivity (Wildman–Crippen MR) is 112 cm³/mol. The summed E-state index contributed by atoms with van der Waals surface area (Å²) in [6.45, 7) is 0. The Bertz CT molecular complexity index is 1200. The number of amides is 1. The summed E-state index contributed by atoms with van der Waals surface area (Å²) in [4.78, 5) is 29.3. The third-order valence-electron chi connectivity index (χ3n) is 4.92. The molecule has 1 aliphatic rings. The van der Waals surface area contributed by atoms with Gasteiger partial charge in [-0.15, -0.1) is 0 Å². The van der Waals surface area contributed by atoms with Crippen LogP contribution in [0, 0.1) is 11.6 Å². The second-order valence-corrected chi connectivity index (χ2v) is 8.29. The maximum atomic E-state index is 14.4. The van der Waals surface area contributed by atoms with Gasteiger partial charge in [-0.3, -0.25) is 9.59 Å². The average molecular weight is 448 g/mol. The first kappa shape index (κ1) is 20.6. The molecule has 0 bridgehead atoms. The first-order valence-corrected chi connectivity index (χ1v) is 10.4. The molecule has 9 heteroatoms. The number of benzene rings is 2. The van der Waals surface area contributed by atoms with Crippen LogP contribution in [0.2, 0.25) is 5.02 Å². The molecule has 1 atom stereocenters. The lowest BCUT2D eigenvalue weighted by molar-refractivity contribution is -0.116. The topological polar surface area (TPSA) is 64.0 Å². The van der Waals surface area contributed by atoms with Crippen molar-refractivity contribution in [3.8, 4) is 0 Å². The number of thioether (sulfide) groups is 1. The largest absolute Gasteiger partial charge is 0.312 e. The molecule has 2 heterocycles. The van der Waals surface area contributed by atoms with Crippen LogP contribution < -0.4 is 10.9 Å². The maximum Gasteiger partial charge on any atom is 0.279 e. The fraction of sp³-hybridized carbons (Fsp3) is 0.190. The molecule has 3 aromatic rings. The number of hydrogen-bond donors (Lipinski definition) is 1. The first-order valence-electron chi connectivity index (χ1n) is 9.06. The molecule has 0 unspecified atom stereocenters. The lowest BCUT2D eigenvalue weighted by atomic mass is 9.86. The minimum Gasteiger partial charge on any atom is -0.312 e. The number of nitrogens with one attached hydrogen (secondary N) is 1. The van der Waals surface area contributed by atoms with Crippen molar-refractivity contribution in [3.63, 3.8) is 0 Å². The van der Waals surface area contributed by atoms with Gasteiger partial charge in [0.05, 0.1) is 5.56 Å². The van der Waals surface area contributed by atoms with Gasteiger partial charge in [0.25, 0.3) is 5.56 Å². The molecule has 2 aromatic carbocycles. The Morgan fingerprint density at radius 1 is 1.20 bits per heavy atom. The molecule has 0 radical (unpaired) electrons. The predicted octanol–water partition coefficient (Wildman–Crippen LogP) is 4.48. The van der Waals surface area contributed by atoms with E-state index < -0.39 is 23.1 Å². The van der Waals surface area contributed by atoms with Gasteiger partial charge < -0.3 is 9.88 Å². The van der Waals surface area contributed by atoms with Crippen molar-refractivity contribution in [1.82, 2.24) is 9.55 Å². The zero-order valence-corrected chi connectivity index (χ0v) is 17.4. The molecule has 30 heavy (non-hydrogen) atoms. The number of fused-ring (bicyclic) bond motifs is 1. The molecule has 0 fully saturated rings. The van der Waals surface area contributed by atoms with E-state index in [1.807, 2.05) is 12.1 Å². The molecule has 5 nitrogen and oxygen atoms in total. The Hall–Kier alpha value is -2.71. The molecule has 0 saturated carbocycles. The molecule has 1 amide bonds. The van der Waals surface area contributed by atoms with Gasteiger partial charge in [-0.05, 0) is 41.5 Å². The average Bonchev–Trinajstić information content (AvgIpc) is 2.72. The van der Waals surface area contributed by atoms with E-state index in [1.54, 1.807) is 23.7 Å². The highest BCUT2D eigenvalue weighted by molar-refractivity contribution is 7.98. The smallest absolute Gasteiger partial charge is 0.279 e. The number of aromatic nitrogens is 2. The molecule has 4 rings (SSSR count). The fourth-order valence-corrected chi connectivity index (χ4v) is 4.49. The Morgan fingerprint density at radius 2 is 1.93 bits per heavy atom. The van der Waals surface area contributed by atoms with E-state index in [0.717, 1.165) is 23.8 Å². The van der Waals surface area contributed by atoms with Crippen molar-refractivity contribution < 1.29 is 13.6 Å². The molecular weight excluding hydrogens is 432 g/mol. The van der Waals surface area contributed by atoms with E-state index in [2.05, 4.69) is 10.3 Å². The highest BCUT2D eigenvalue weighted by atomic mass is 35.5. The van der Waals surface area contributed by atoms with Crippen molar-refractivity contribution in [1.29, 1.82) is 0 Å². The van der Waals surface area contributed by atoms with Crippen LogP contribution >= 0.6 is 23.4 Å². The normalized spacial score (nSPS) is 15.6. The fourth-order valence-electron chi connectivity index (χ4n) is 3.44. The number of carbonyl (C=O) groups is 1. The molecule has 154 valence electrons. The van der Waals surface area contributed by atoms with Crippen LogP contribution in [0.5, 0.6) is 0 Å². The van der Waals surface area contributed by atoms with E-state index in [-0.39, 0.29) is 29.3 Å². The minimum absolute atomic E-state index is 0.0356. The van der Waals surface area contributed by atoms with Crippen LogP contribution in [0.25, 0.3) is 0 Å². The Morgan fingerprint density at radius 3 is 2.67 bits per heavy atom. The number of anilines is 1. The van der Waals surface area contributed by atoms with E-state index in [0.29, 0.717) is 15.9 Å². The Kier molecular flexibility index (Phi) is 5.62. The molecule has 1 aromatic heterocycles. The summed E-state index contributed by atoms with van der Waals surface area (Å²) in [6.07, 6.45) is -0.165. The third-order valence-corrected chi connectivity index (χ3v) is 6.27. The summed E-state index contributed by atoms with van der Waals surface area (Å²) in [7, 11) is 1.67. The lowest BCUT2D eigenvalue weighted by Crippen LogP contribution is -2.33. The second-order valence-electron chi connectivity index (χ2n) is 6.91.